The van der Waals surface area contributed by atoms with Crippen molar-refractivity contribution in [1.82, 2.24) is 15.1 Å². The van der Waals surface area contributed by atoms with Crippen LogP contribution in [0.5, 0.6) is 5.75 Å². The lowest BCUT2D eigenvalue weighted by atomic mass is 9.73. The van der Waals surface area contributed by atoms with Crippen LogP contribution in [0, 0.1) is 23.2 Å². The van der Waals surface area contributed by atoms with Gasteiger partial charge in [-0.05, 0) is 40.5 Å². The number of amides is 1. The van der Waals surface area contributed by atoms with Crippen molar-refractivity contribution in [2.24, 2.45) is 11.8 Å². The minimum atomic E-state index is -3.29. The molecule has 1 saturated heterocycles. The number of benzene rings is 4. The SMILES string of the molecule is COc1ccc(COC(=O)C(N2C(=O)[C@H]([C@@H](C)O)[C@H]2[C@@H](CC#N)[C@H](O)CSc2nncs2)=P(c2ccccc2)(c2ccccc2)c2ccccc2)cc1. The molecule has 0 bridgehead atoms. The van der Waals surface area contributed by atoms with E-state index in [1.165, 1.54) is 34.9 Å². The zero-order chi connectivity index (χ0) is 37.4. The molecule has 0 spiro atoms. The fraction of sp³-hybridized carbons (Fsp3) is 0.250. The Kier molecular flexibility index (Phi) is 12.5. The van der Waals surface area contributed by atoms with Gasteiger partial charge in [0.05, 0.1) is 37.3 Å². The number of hydrogen-bond donors (Lipinski definition) is 2. The van der Waals surface area contributed by atoms with Crippen LogP contribution in [0.2, 0.25) is 0 Å². The number of rotatable bonds is 15. The summed E-state index contributed by atoms with van der Waals surface area (Å²) in [6.45, 7) is -1.87. The number of ether oxygens (including phenoxy) is 2. The predicted octanol–water partition coefficient (Wildman–Crippen LogP) is 4.60. The van der Waals surface area contributed by atoms with Crippen molar-refractivity contribution in [2.45, 2.75) is 42.5 Å². The van der Waals surface area contributed by atoms with Crippen molar-refractivity contribution < 1.29 is 29.3 Å². The Hall–Kier alpha value is -4.76. The molecule has 5 atom stereocenters. The Bertz CT molecular complexity index is 1980. The number of aromatic nitrogens is 2. The molecule has 272 valence electrons. The zero-order valence-corrected chi connectivity index (χ0v) is 31.7. The Morgan fingerprint density at radius 3 is 1.98 bits per heavy atom. The summed E-state index contributed by atoms with van der Waals surface area (Å²) < 4.78 is 12.1. The first-order chi connectivity index (χ1) is 25.8. The van der Waals surface area contributed by atoms with Crippen molar-refractivity contribution >= 4 is 63.2 Å². The quantitative estimate of drug-likeness (QED) is 0.0671. The van der Waals surface area contributed by atoms with E-state index in [1.807, 2.05) is 91.0 Å². The lowest BCUT2D eigenvalue weighted by Crippen LogP contribution is -2.71. The lowest BCUT2D eigenvalue weighted by Gasteiger charge is -2.54. The zero-order valence-electron chi connectivity index (χ0n) is 29.1. The Labute approximate surface area is 317 Å². The van der Waals surface area contributed by atoms with Gasteiger partial charge in [0.15, 0.2) is 4.34 Å². The predicted molar refractivity (Wildman–Crippen MR) is 209 cm³/mol. The normalized spacial score (nSPS) is 17.2. The Balaban J connectivity index is 1.62. The van der Waals surface area contributed by atoms with Crippen molar-refractivity contribution in [3.05, 3.63) is 126 Å². The number of β-lactam (4-membered cyclic amide) rings is 1. The van der Waals surface area contributed by atoms with Crippen LogP contribution in [-0.4, -0.2) is 73.7 Å². The summed E-state index contributed by atoms with van der Waals surface area (Å²) >= 11 is 2.62. The number of hydrogen-bond acceptors (Lipinski definition) is 11. The number of aliphatic hydroxyl groups excluding tert-OH is 2. The van der Waals surface area contributed by atoms with Crippen LogP contribution in [0.15, 0.2) is 125 Å². The molecular weight excluding hydrogens is 728 g/mol. The summed E-state index contributed by atoms with van der Waals surface area (Å²) in [6, 6.07) is 37.2. The van der Waals surface area contributed by atoms with Gasteiger partial charge in [0.2, 0.25) is 5.91 Å². The van der Waals surface area contributed by atoms with E-state index in [1.54, 1.807) is 36.9 Å². The van der Waals surface area contributed by atoms with E-state index in [0.717, 1.165) is 15.9 Å². The standard InChI is InChI=1S/C40H39N4O6PS2/c1-27(45)35-36(33(22-23-41)34(46)25-52-40-43-42-26-53-40)44(37(35)47)38(39(48)50-24-28-18-20-29(49-2)21-19-28)51(30-12-6-3-7-13-30,31-14-8-4-9-15-31)32-16-10-5-11-17-32/h3-21,26-27,33-36,45-46H,22,24-25H2,1-2H3/t27-,33+,34-,35-,36-/m1/s1. The maximum atomic E-state index is 15.2. The fourth-order valence-electron chi connectivity index (χ4n) is 6.92. The van der Waals surface area contributed by atoms with E-state index >= 15 is 4.79 Å². The molecule has 0 aliphatic carbocycles. The topological polar surface area (TPSA) is 146 Å². The molecule has 6 rings (SSSR count). The molecule has 10 nitrogen and oxygen atoms in total. The number of nitrogens with zero attached hydrogens (tertiary/aromatic N) is 4. The summed E-state index contributed by atoms with van der Waals surface area (Å²) in [5.41, 5.74) is 2.41. The van der Waals surface area contributed by atoms with Gasteiger partial charge in [-0.15, -0.1) is 10.2 Å². The number of nitriles is 1. The third-order valence-electron chi connectivity index (χ3n) is 9.37. The minimum absolute atomic E-state index is 0.0973. The molecule has 1 fully saturated rings. The van der Waals surface area contributed by atoms with Crippen LogP contribution in [0.3, 0.4) is 0 Å². The minimum Gasteiger partial charge on any atom is -0.497 e. The number of carbonyl (C=O) groups is 2. The van der Waals surface area contributed by atoms with Gasteiger partial charge in [-0.25, -0.2) is 4.79 Å². The Morgan fingerprint density at radius 2 is 1.51 bits per heavy atom. The molecule has 0 unspecified atom stereocenters. The second-order valence-corrected chi connectivity index (χ2v) is 17.9. The number of carbonyl (C=O) groups excluding carboxylic acids is 2. The van der Waals surface area contributed by atoms with E-state index in [0.29, 0.717) is 15.7 Å². The molecule has 2 heterocycles. The van der Waals surface area contributed by atoms with Gasteiger partial charge in [0.1, 0.15) is 23.3 Å². The molecular formula is C40H39N4O6PS2. The summed E-state index contributed by atoms with van der Waals surface area (Å²) in [4.78, 5) is 31.3. The Morgan fingerprint density at radius 1 is 0.943 bits per heavy atom. The van der Waals surface area contributed by atoms with E-state index in [-0.39, 0.29) is 24.2 Å². The van der Waals surface area contributed by atoms with E-state index < -0.39 is 48.8 Å². The summed E-state index contributed by atoms with van der Waals surface area (Å²) in [7, 11) is 1.57. The van der Waals surface area contributed by atoms with Gasteiger partial charge < -0.3 is 24.6 Å². The van der Waals surface area contributed by atoms with E-state index in [2.05, 4.69) is 16.3 Å². The largest absolute Gasteiger partial charge is 0.497 e. The molecule has 2 N–H and O–H groups in total. The number of esters is 1. The first-order valence-corrected chi connectivity index (χ1v) is 20.6. The number of likely N-dealkylation sites (tertiary alicyclic amines) is 1. The van der Waals surface area contributed by atoms with Crippen LogP contribution in [-0.2, 0) is 20.9 Å². The van der Waals surface area contributed by atoms with Gasteiger partial charge in [-0.1, -0.05) is 126 Å². The second-order valence-electron chi connectivity index (χ2n) is 12.5. The van der Waals surface area contributed by atoms with Gasteiger partial charge in [0.25, 0.3) is 0 Å². The smallest absolute Gasteiger partial charge is 0.356 e. The molecule has 1 amide bonds. The van der Waals surface area contributed by atoms with Gasteiger partial charge in [-0.2, -0.15) is 5.26 Å². The highest BCUT2D eigenvalue weighted by molar-refractivity contribution is 8.01. The van der Waals surface area contributed by atoms with Crippen LogP contribution < -0.4 is 20.7 Å². The highest BCUT2D eigenvalue weighted by Crippen LogP contribution is 2.51. The van der Waals surface area contributed by atoms with Crippen molar-refractivity contribution in [1.29, 1.82) is 5.26 Å². The average Bonchev–Trinajstić information content (AvgIpc) is 3.72. The van der Waals surface area contributed by atoms with Gasteiger partial charge in [-0.3, -0.25) is 4.79 Å². The first kappa shape index (κ1) is 38.0. The highest BCUT2D eigenvalue weighted by atomic mass is 32.2. The number of thioether (sulfide) groups is 1. The highest BCUT2D eigenvalue weighted by Gasteiger charge is 2.58. The van der Waals surface area contributed by atoms with Crippen molar-refractivity contribution in [3.8, 4) is 11.8 Å². The lowest BCUT2D eigenvalue weighted by molar-refractivity contribution is -0.163. The summed E-state index contributed by atoms with van der Waals surface area (Å²) in [6.07, 6.45) is -2.39. The molecule has 1 aromatic heterocycles. The maximum absolute atomic E-state index is 15.2. The maximum Gasteiger partial charge on any atom is 0.356 e. The van der Waals surface area contributed by atoms with Crippen LogP contribution in [0.4, 0.5) is 0 Å². The van der Waals surface area contributed by atoms with Crippen molar-refractivity contribution in [3.63, 3.8) is 0 Å². The van der Waals surface area contributed by atoms with Crippen molar-refractivity contribution in [2.75, 3.05) is 12.9 Å². The van der Waals surface area contributed by atoms with Crippen LogP contribution in [0.25, 0.3) is 0 Å². The van der Waals surface area contributed by atoms with Gasteiger partial charge >= 0.3 is 5.97 Å². The molecule has 1 aliphatic rings. The average molecular weight is 767 g/mol. The van der Waals surface area contributed by atoms with Crippen LogP contribution >= 0.6 is 30.0 Å². The molecule has 1 aliphatic heterocycles. The number of methoxy groups -OCH3 is 1. The van der Waals surface area contributed by atoms with Crippen LogP contribution in [0.1, 0.15) is 18.9 Å². The molecule has 0 radical (unpaired) electrons. The monoisotopic (exact) mass is 766 g/mol. The first-order valence-electron chi connectivity index (χ1n) is 17.0. The molecule has 0 saturated carbocycles. The van der Waals surface area contributed by atoms with E-state index in [4.69, 9.17) is 9.47 Å². The van der Waals surface area contributed by atoms with Gasteiger partial charge in [0, 0.05) is 25.0 Å². The summed E-state index contributed by atoms with van der Waals surface area (Å²) in [5, 5.41) is 43.4. The fourth-order valence-corrected chi connectivity index (χ4v) is 12.9. The number of aliphatic hydroxyl groups is 2. The molecule has 4 aromatic carbocycles. The van der Waals surface area contributed by atoms with E-state index in [9.17, 15) is 20.3 Å². The molecule has 5 aromatic rings. The second kappa shape index (κ2) is 17.4. The third-order valence-corrected chi connectivity index (χ3v) is 15.6. The molecule has 53 heavy (non-hydrogen) atoms. The summed E-state index contributed by atoms with van der Waals surface area (Å²) in [5.74, 6) is -2.24. The third kappa shape index (κ3) is 7.81. The molecule has 13 heteroatoms.